The van der Waals surface area contributed by atoms with Crippen LogP contribution in [0.1, 0.15) is 21.5 Å². The summed E-state index contributed by atoms with van der Waals surface area (Å²) in [5.41, 5.74) is 4.17. The third-order valence-corrected chi connectivity index (χ3v) is 3.60. The molecular formula is C19H16ClNO. The molecule has 0 aliphatic carbocycles. The van der Waals surface area contributed by atoms with Crippen LogP contribution in [-0.2, 0) is 7.05 Å². The Labute approximate surface area is 136 Å². The number of halogens is 1. The Morgan fingerprint density at radius 2 is 1.55 bits per heavy atom. The first-order valence-electron chi connectivity index (χ1n) is 6.88. The minimum atomic E-state index is 0. The van der Waals surface area contributed by atoms with Gasteiger partial charge in [0.2, 0.25) is 5.52 Å². The van der Waals surface area contributed by atoms with Gasteiger partial charge in [-0.05, 0) is 17.2 Å². The number of hydrogen-bond donors (Lipinski definition) is 0. The van der Waals surface area contributed by atoms with Crippen molar-refractivity contribution in [1.29, 1.82) is 0 Å². The summed E-state index contributed by atoms with van der Waals surface area (Å²) in [4.78, 5) is 10.7. The Morgan fingerprint density at radius 3 is 2.27 bits per heavy atom. The highest BCUT2D eigenvalue weighted by Gasteiger charge is 2.06. The summed E-state index contributed by atoms with van der Waals surface area (Å²) in [7, 11) is 2.05. The van der Waals surface area contributed by atoms with E-state index in [0.717, 1.165) is 11.8 Å². The first-order valence-corrected chi connectivity index (χ1v) is 6.88. The third-order valence-electron chi connectivity index (χ3n) is 3.60. The molecule has 0 saturated heterocycles. The van der Waals surface area contributed by atoms with Crippen LogP contribution in [0, 0.1) is 0 Å². The van der Waals surface area contributed by atoms with Crippen molar-refractivity contribution in [2.45, 2.75) is 0 Å². The molecule has 2 nitrogen and oxygen atoms in total. The van der Waals surface area contributed by atoms with Crippen LogP contribution < -0.4 is 17.0 Å². The average molecular weight is 310 g/mol. The van der Waals surface area contributed by atoms with E-state index in [1.807, 2.05) is 37.4 Å². The molecule has 0 radical (unpaired) electrons. The van der Waals surface area contributed by atoms with Crippen molar-refractivity contribution < 1.29 is 21.8 Å². The normalized spacial score (nSPS) is 10.6. The van der Waals surface area contributed by atoms with Crippen molar-refractivity contribution in [2.75, 3.05) is 0 Å². The fraction of sp³-hybridized carbons (Fsp3) is 0.0526. The summed E-state index contributed by atoms with van der Waals surface area (Å²) in [6, 6.07) is 18.0. The molecule has 2 aromatic carbocycles. The fourth-order valence-electron chi connectivity index (χ4n) is 2.40. The quantitative estimate of drug-likeness (QED) is 0.514. The number of fused-ring (bicyclic) bond motifs is 1. The second kappa shape index (κ2) is 7.01. The highest BCUT2D eigenvalue weighted by Crippen LogP contribution is 2.17. The van der Waals surface area contributed by atoms with Crippen LogP contribution in [0.15, 0.2) is 60.8 Å². The number of aromatic nitrogens is 1. The van der Waals surface area contributed by atoms with Crippen molar-refractivity contribution in [1.82, 2.24) is 0 Å². The molecule has 0 aliphatic heterocycles. The van der Waals surface area contributed by atoms with E-state index < -0.39 is 0 Å². The van der Waals surface area contributed by atoms with Crippen LogP contribution in [0.5, 0.6) is 0 Å². The van der Waals surface area contributed by atoms with Gasteiger partial charge in [0.25, 0.3) is 0 Å². The zero-order chi connectivity index (χ0) is 14.7. The van der Waals surface area contributed by atoms with Crippen LogP contribution in [0.4, 0.5) is 0 Å². The maximum absolute atomic E-state index is 10.7. The van der Waals surface area contributed by atoms with Gasteiger partial charge in [-0.15, -0.1) is 0 Å². The second-order valence-corrected chi connectivity index (χ2v) is 5.02. The number of hydrogen-bond acceptors (Lipinski definition) is 1. The molecule has 1 heterocycles. The molecule has 0 saturated carbocycles. The van der Waals surface area contributed by atoms with E-state index in [-0.39, 0.29) is 12.4 Å². The minimum absolute atomic E-state index is 0. The number of carbonyl (C=O) groups is 1. The summed E-state index contributed by atoms with van der Waals surface area (Å²) >= 11 is 0. The summed E-state index contributed by atoms with van der Waals surface area (Å²) in [5, 5.41) is 1.23. The van der Waals surface area contributed by atoms with Gasteiger partial charge in [-0.1, -0.05) is 48.6 Å². The molecule has 0 atom stereocenters. The van der Waals surface area contributed by atoms with E-state index in [1.165, 1.54) is 16.5 Å². The molecular weight excluding hydrogens is 294 g/mol. The van der Waals surface area contributed by atoms with Gasteiger partial charge in [-0.2, -0.15) is 0 Å². The molecule has 0 fully saturated rings. The molecule has 0 N–H and O–H groups in total. The van der Waals surface area contributed by atoms with E-state index in [0.29, 0.717) is 5.56 Å². The second-order valence-electron chi connectivity index (χ2n) is 5.02. The Balaban J connectivity index is 0.00000176. The van der Waals surface area contributed by atoms with E-state index in [2.05, 4.69) is 47.2 Å². The minimum Gasteiger partial charge on any atom is -1.00 e. The fourth-order valence-corrected chi connectivity index (χ4v) is 2.40. The largest absolute Gasteiger partial charge is 1.00 e. The predicted molar refractivity (Wildman–Crippen MR) is 85.9 cm³/mol. The topological polar surface area (TPSA) is 20.9 Å². The van der Waals surface area contributed by atoms with Crippen LogP contribution in [-0.4, -0.2) is 6.29 Å². The van der Waals surface area contributed by atoms with Gasteiger partial charge < -0.3 is 12.4 Å². The maximum Gasteiger partial charge on any atom is 0.212 e. The van der Waals surface area contributed by atoms with Crippen molar-refractivity contribution in [2.24, 2.45) is 7.05 Å². The van der Waals surface area contributed by atoms with E-state index in [4.69, 9.17) is 0 Å². The van der Waals surface area contributed by atoms with Crippen molar-refractivity contribution in [3.63, 3.8) is 0 Å². The monoisotopic (exact) mass is 309 g/mol. The van der Waals surface area contributed by atoms with E-state index >= 15 is 0 Å². The molecule has 0 bridgehead atoms. The molecule has 0 amide bonds. The van der Waals surface area contributed by atoms with Crippen LogP contribution in [0.3, 0.4) is 0 Å². The van der Waals surface area contributed by atoms with Crippen LogP contribution in [0.25, 0.3) is 23.1 Å². The van der Waals surface area contributed by atoms with Crippen LogP contribution >= 0.6 is 0 Å². The molecule has 3 heteroatoms. The lowest BCUT2D eigenvalue weighted by Gasteiger charge is -2.01. The number of nitrogens with zero attached hydrogens (tertiary/aromatic N) is 1. The molecule has 3 rings (SSSR count). The SMILES string of the molecule is C[n+]1ccc(/C=C\c2ccc(C=O)cc2)c2ccccc21.[Cl-]. The summed E-state index contributed by atoms with van der Waals surface area (Å²) in [6.45, 7) is 0. The van der Waals surface area contributed by atoms with Gasteiger partial charge in [-0.25, -0.2) is 4.57 Å². The molecule has 1 aromatic heterocycles. The zero-order valence-corrected chi connectivity index (χ0v) is 13.0. The predicted octanol–water partition coefficient (Wildman–Crippen LogP) is 0.651. The summed E-state index contributed by atoms with van der Waals surface area (Å²) in [6.07, 6.45) is 7.10. The molecule has 0 unspecified atom stereocenters. The highest BCUT2D eigenvalue weighted by molar-refractivity contribution is 5.88. The van der Waals surface area contributed by atoms with Gasteiger partial charge >= 0.3 is 0 Å². The number of carbonyl (C=O) groups excluding carboxylic acids is 1. The highest BCUT2D eigenvalue weighted by atomic mass is 35.5. The maximum atomic E-state index is 10.7. The smallest absolute Gasteiger partial charge is 0.212 e. The van der Waals surface area contributed by atoms with Gasteiger partial charge in [0, 0.05) is 17.7 Å². The third kappa shape index (κ3) is 3.23. The van der Waals surface area contributed by atoms with Gasteiger partial charge in [0.05, 0.1) is 5.39 Å². The summed E-state index contributed by atoms with van der Waals surface area (Å²) in [5.74, 6) is 0. The molecule has 3 aromatic rings. The Kier molecular flexibility index (Phi) is 5.08. The Bertz CT molecular complexity index is 822. The number of para-hydroxylation sites is 1. The number of benzene rings is 2. The Hall–Kier alpha value is -2.45. The number of pyridine rings is 1. The first-order chi connectivity index (χ1) is 10.3. The average Bonchev–Trinajstić information content (AvgIpc) is 2.55. The van der Waals surface area contributed by atoms with Gasteiger partial charge in [0.15, 0.2) is 6.20 Å². The molecule has 22 heavy (non-hydrogen) atoms. The summed E-state index contributed by atoms with van der Waals surface area (Å²) < 4.78 is 2.12. The first kappa shape index (κ1) is 15.9. The lowest BCUT2D eigenvalue weighted by atomic mass is 10.1. The number of rotatable bonds is 3. The zero-order valence-electron chi connectivity index (χ0n) is 12.2. The van der Waals surface area contributed by atoms with Gasteiger partial charge in [-0.3, -0.25) is 4.79 Å². The van der Waals surface area contributed by atoms with Crippen molar-refractivity contribution in [3.05, 3.63) is 77.5 Å². The van der Waals surface area contributed by atoms with Crippen LogP contribution in [0.2, 0.25) is 0 Å². The molecule has 110 valence electrons. The number of aldehydes is 1. The molecule has 0 spiro atoms. The van der Waals surface area contributed by atoms with Crippen molar-refractivity contribution in [3.8, 4) is 0 Å². The molecule has 0 aliphatic rings. The van der Waals surface area contributed by atoms with Crippen molar-refractivity contribution >= 4 is 29.3 Å². The van der Waals surface area contributed by atoms with E-state index in [1.54, 1.807) is 0 Å². The lowest BCUT2D eigenvalue weighted by molar-refractivity contribution is -0.644. The van der Waals surface area contributed by atoms with Gasteiger partial charge in [0.1, 0.15) is 13.3 Å². The van der Waals surface area contributed by atoms with E-state index in [9.17, 15) is 4.79 Å². The number of aryl methyl sites for hydroxylation is 1. The standard InChI is InChI=1S/C19H16NO.ClH/c1-20-13-12-17(18-4-2-3-5-19(18)20)11-10-15-6-8-16(14-21)9-7-15;/h2-14H,1H3;1H/q+1;/p-1/b11-10-;. The Morgan fingerprint density at radius 1 is 0.864 bits per heavy atom. The lowest BCUT2D eigenvalue weighted by Crippen LogP contribution is -3.00.